The first-order chi connectivity index (χ1) is 13.1. The van der Waals surface area contributed by atoms with E-state index in [0.717, 1.165) is 12.8 Å². The van der Waals surface area contributed by atoms with Gasteiger partial charge in [0.25, 0.3) is 0 Å². The average molecular weight is 472 g/mol. The molecule has 1 aromatic carbocycles. The lowest BCUT2D eigenvalue weighted by molar-refractivity contribution is -0.385. The van der Waals surface area contributed by atoms with Crippen LogP contribution in [0.1, 0.15) is 32.6 Å². The van der Waals surface area contributed by atoms with E-state index in [4.69, 9.17) is 51.8 Å². The lowest BCUT2D eigenvalue weighted by Gasteiger charge is -2.27. The Morgan fingerprint density at radius 3 is 2.54 bits per heavy atom. The fourth-order valence-electron chi connectivity index (χ4n) is 2.18. The number of alkyl halides is 3. The molecule has 1 unspecified atom stereocenters. The van der Waals surface area contributed by atoms with Crippen molar-refractivity contribution < 1.29 is 14.5 Å². The molecule has 0 spiro atoms. The van der Waals surface area contributed by atoms with E-state index in [0.29, 0.717) is 12.1 Å². The number of thiocarbonyl (C=S) groups is 1. The first-order valence-electron chi connectivity index (χ1n) is 8.34. The summed E-state index contributed by atoms with van der Waals surface area (Å²) in [5.41, 5.74) is 0.0831. The van der Waals surface area contributed by atoms with Gasteiger partial charge in [-0.15, -0.1) is 0 Å². The number of rotatable bonds is 9. The maximum absolute atomic E-state index is 12.0. The molecule has 0 saturated heterocycles. The molecule has 0 fully saturated rings. The van der Waals surface area contributed by atoms with Gasteiger partial charge < -0.3 is 20.7 Å². The van der Waals surface area contributed by atoms with Gasteiger partial charge in [-0.1, -0.05) is 54.6 Å². The zero-order chi connectivity index (χ0) is 21.3. The smallest absolute Gasteiger partial charge is 0.312 e. The van der Waals surface area contributed by atoms with Gasteiger partial charge in [0.05, 0.1) is 12.0 Å². The summed E-state index contributed by atoms with van der Waals surface area (Å²) >= 11 is 22.9. The van der Waals surface area contributed by atoms with Gasteiger partial charge in [0.15, 0.2) is 10.9 Å². The van der Waals surface area contributed by atoms with Crippen LogP contribution in [0, 0.1) is 10.1 Å². The highest BCUT2D eigenvalue weighted by molar-refractivity contribution is 7.80. The number of unbranched alkanes of at least 4 members (excludes halogenated alkanes) is 2. The van der Waals surface area contributed by atoms with Gasteiger partial charge in [-0.2, -0.15) is 0 Å². The largest absolute Gasteiger partial charge is 0.490 e. The van der Waals surface area contributed by atoms with Crippen molar-refractivity contribution in [3.8, 4) is 5.75 Å². The third kappa shape index (κ3) is 8.22. The van der Waals surface area contributed by atoms with Crippen LogP contribution in [-0.2, 0) is 4.79 Å². The molecule has 0 saturated carbocycles. The Hall–Kier alpha value is -1.55. The van der Waals surface area contributed by atoms with Gasteiger partial charge in [-0.25, -0.2) is 0 Å². The second kappa shape index (κ2) is 11.5. The molecule has 0 aliphatic carbocycles. The van der Waals surface area contributed by atoms with Crippen LogP contribution in [0.5, 0.6) is 5.75 Å². The molecule has 1 amide bonds. The van der Waals surface area contributed by atoms with E-state index >= 15 is 0 Å². The molecule has 0 bridgehead atoms. The number of benzene rings is 1. The molecule has 0 aliphatic rings. The summed E-state index contributed by atoms with van der Waals surface area (Å²) in [6, 6.07) is 4.21. The number of anilines is 1. The number of ether oxygens (including phenoxy) is 1. The Morgan fingerprint density at radius 2 is 2.00 bits per heavy atom. The summed E-state index contributed by atoms with van der Waals surface area (Å²) in [4.78, 5) is 22.5. The highest BCUT2D eigenvalue weighted by Gasteiger charge is 2.34. The maximum atomic E-state index is 12.0. The molecular formula is C16H21Cl3N4O4S. The summed E-state index contributed by atoms with van der Waals surface area (Å²) < 4.78 is 3.07. The molecule has 0 aliphatic heterocycles. The highest BCUT2D eigenvalue weighted by atomic mass is 35.6. The fourth-order valence-corrected chi connectivity index (χ4v) is 2.74. The lowest BCUT2D eigenvalue weighted by atomic mass is 10.2. The van der Waals surface area contributed by atoms with Crippen molar-refractivity contribution in [2.24, 2.45) is 0 Å². The number of nitro benzene ring substituents is 1. The number of amides is 1. The zero-order valence-electron chi connectivity index (χ0n) is 15.3. The van der Waals surface area contributed by atoms with Crippen LogP contribution < -0.4 is 20.7 Å². The van der Waals surface area contributed by atoms with Crippen molar-refractivity contribution in [2.45, 2.75) is 42.6 Å². The lowest BCUT2D eigenvalue weighted by Crippen LogP contribution is -2.56. The Labute approximate surface area is 183 Å². The summed E-state index contributed by atoms with van der Waals surface area (Å²) in [5, 5.41) is 19.1. The van der Waals surface area contributed by atoms with E-state index in [9.17, 15) is 14.9 Å². The fraction of sp³-hybridized carbons (Fsp3) is 0.500. The highest BCUT2D eigenvalue weighted by Crippen LogP contribution is 2.31. The number of nitrogens with zero attached hydrogens (tertiary/aromatic N) is 1. The van der Waals surface area contributed by atoms with Gasteiger partial charge in [-0.05, 0) is 30.8 Å². The van der Waals surface area contributed by atoms with Crippen molar-refractivity contribution >= 4 is 69.4 Å². The number of hydrogen-bond donors (Lipinski definition) is 3. The van der Waals surface area contributed by atoms with E-state index in [1.165, 1.54) is 25.3 Å². The summed E-state index contributed by atoms with van der Waals surface area (Å²) in [6.45, 7) is 2.02. The van der Waals surface area contributed by atoms with E-state index in [1.807, 2.05) is 6.92 Å². The standard InChI is InChI=1S/C16H21Cl3N4O4S/c1-3-4-5-6-13(24)21-14(16(17,18)19)22-15(28)20-10-7-8-12(27-2)11(9-10)23(25)26/h7-9,14H,3-6H2,1-2H3,(H,21,24)(H2,20,22,28). The van der Waals surface area contributed by atoms with E-state index in [-0.39, 0.29) is 28.9 Å². The van der Waals surface area contributed by atoms with Gasteiger partial charge in [0.1, 0.15) is 6.17 Å². The summed E-state index contributed by atoms with van der Waals surface area (Å²) in [5.74, 6) is -0.187. The molecule has 28 heavy (non-hydrogen) atoms. The predicted octanol–water partition coefficient (Wildman–Crippen LogP) is 4.28. The Bertz CT molecular complexity index is 716. The monoisotopic (exact) mass is 470 g/mol. The topological polar surface area (TPSA) is 106 Å². The van der Waals surface area contributed by atoms with Crippen molar-refractivity contribution in [2.75, 3.05) is 12.4 Å². The van der Waals surface area contributed by atoms with E-state index < -0.39 is 14.9 Å². The van der Waals surface area contributed by atoms with Crippen LogP contribution in [0.3, 0.4) is 0 Å². The maximum Gasteiger partial charge on any atom is 0.312 e. The molecule has 3 N–H and O–H groups in total. The molecule has 8 nitrogen and oxygen atoms in total. The minimum absolute atomic E-state index is 0.00430. The van der Waals surface area contributed by atoms with Crippen LogP contribution >= 0.6 is 47.0 Å². The molecule has 0 aromatic heterocycles. The Balaban J connectivity index is 2.79. The van der Waals surface area contributed by atoms with Crippen LogP contribution in [0.4, 0.5) is 11.4 Å². The van der Waals surface area contributed by atoms with Crippen molar-refractivity contribution in [1.29, 1.82) is 0 Å². The summed E-state index contributed by atoms with van der Waals surface area (Å²) in [6.07, 6.45) is 1.79. The van der Waals surface area contributed by atoms with E-state index in [1.54, 1.807) is 0 Å². The molecular weight excluding hydrogens is 451 g/mol. The van der Waals surface area contributed by atoms with Crippen LogP contribution in [-0.4, -0.2) is 33.0 Å². The molecule has 1 aromatic rings. The number of carbonyl (C=O) groups is 1. The SMILES string of the molecule is CCCCCC(=O)NC(NC(=S)Nc1ccc(OC)c([N+](=O)[O-])c1)C(Cl)(Cl)Cl. The number of halogens is 3. The second-order valence-corrected chi connectivity index (χ2v) is 8.52. The first kappa shape index (κ1) is 24.5. The third-order valence-electron chi connectivity index (χ3n) is 3.55. The van der Waals surface area contributed by atoms with Crippen LogP contribution in [0.2, 0.25) is 0 Å². The van der Waals surface area contributed by atoms with Crippen molar-refractivity contribution in [1.82, 2.24) is 10.6 Å². The molecule has 156 valence electrons. The molecule has 1 atom stereocenters. The summed E-state index contributed by atoms with van der Waals surface area (Å²) in [7, 11) is 1.33. The van der Waals surface area contributed by atoms with Gasteiger partial charge in [0, 0.05) is 18.2 Å². The molecule has 0 radical (unpaired) electrons. The van der Waals surface area contributed by atoms with Crippen molar-refractivity contribution in [3.05, 3.63) is 28.3 Å². The number of nitro groups is 1. The van der Waals surface area contributed by atoms with Crippen LogP contribution in [0.25, 0.3) is 0 Å². The van der Waals surface area contributed by atoms with Gasteiger partial charge in [0.2, 0.25) is 9.70 Å². The quantitative estimate of drug-likeness (QED) is 0.123. The second-order valence-electron chi connectivity index (χ2n) is 5.74. The van der Waals surface area contributed by atoms with E-state index in [2.05, 4.69) is 16.0 Å². The number of carbonyl (C=O) groups excluding carboxylic acids is 1. The van der Waals surface area contributed by atoms with Gasteiger partial charge in [-0.3, -0.25) is 14.9 Å². The van der Waals surface area contributed by atoms with Gasteiger partial charge >= 0.3 is 5.69 Å². The van der Waals surface area contributed by atoms with Crippen molar-refractivity contribution in [3.63, 3.8) is 0 Å². The number of nitrogens with one attached hydrogen (secondary N) is 3. The third-order valence-corrected chi connectivity index (χ3v) is 4.42. The number of methoxy groups -OCH3 is 1. The van der Waals surface area contributed by atoms with Crippen LogP contribution in [0.15, 0.2) is 18.2 Å². The average Bonchev–Trinajstić information content (AvgIpc) is 2.60. The first-order valence-corrected chi connectivity index (χ1v) is 9.88. The molecule has 0 heterocycles. The Morgan fingerprint density at radius 1 is 1.32 bits per heavy atom. The zero-order valence-corrected chi connectivity index (χ0v) is 18.3. The predicted molar refractivity (Wildman–Crippen MR) is 115 cm³/mol. The molecule has 12 heteroatoms. The number of hydrogen-bond acceptors (Lipinski definition) is 5. The normalized spacial score (nSPS) is 12.0. The Kier molecular flexibility index (Phi) is 10.0. The minimum Gasteiger partial charge on any atom is -0.490 e. The minimum atomic E-state index is -1.88. The molecule has 1 rings (SSSR count).